The number of carbonyl (C=O) groups excluding carboxylic acids is 1. The van der Waals surface area contributed by atoms with Gasteiger partial charge in [-0.1, -0.05) is 29.8 Å². The molecule has 0 bridgehead atoms. The van der Waals surface area contributed by atoms with Crippen molar-refractivity contribution in [1.82, 2.24) is 15.1 Å². The number of benzene rings is 2. The smallest absolute Gasteiger partial charge is 0.258 e. The van der Waals surface area contributed by atoms with Crippen LogP contribution in [0.15, 0.2) is 67.0 Å². The standard InChI is InChI=1S/C18H16ClN3O2/c19-15-6-8-17(9-7-15)24-13-18(23)20-10-14-11-21-22(12-14)16-4-2-1-3-5-16/h1-9,11-12H,10,13H2,(H,20,23). The van der Waals surface area contributed by atoms with Crippen LogP contribution in [0.2, 0.25) is 5.02 Å². The van der Waals surface area contributed by atoms with E-state index in [1.807, 2.05) is 36.5 Å². The van der Waals surface area contributed by atoms with Crippen molar-refractivity contribution in [2.24, 2.45) is 0 Å². The van der Waals surface area contributed by atoms with Crippen molar-refractivity contribution in [2.45, 2.75) is 6.54 Å². The van der Waals surface area contributed by atoms with Gasteiger partial charge >= 0.3 is 0 Å². The van der Waals surface area contributed by atoms with Crippen molar-refractivity contribution in [3.63, 3.8) is 0 Å². The number of ether oxygens (including phenoxy) is 1. The number of para-hydroxylation sites is 1. The van der Waals surface area contributed by atoms with Crippen LogP contribution in [0.3, 0.4) is 0 Å². The molecule has 122 valence electrons. The third kappa shape index (κ3) is 4.36. The molecule has 1 amide bonds. The molecule has 1 aromatic heterocycles. The van der Waals surface area contributed by atoms with Crippen LogP contribution in [0, 0.1) is 0 Å². The highest BCUT2D eigenvalue weighted by Crippen LogP contribution is 2.15. The monoisotopic (exact) mass is 341 g/mol. The van der Waals surface area contributed by atoms with Gasteiger partial charge in [-0.3, -0.25) is 4.79 Å². The van der Waals surface area contributed by atoms with Crippen molar-refractivity contribution in [2.75, 3.05) is 6.61 Å². The van der Waals surface area contributed by atoms with E-state index in [4.69, 9.17) is 16.3 Å². The first-order valence-electron chi connectivity index (χ1n) is 7.45. The van der Waals surface area contributed by atoms with Crippen LogP contribution in [0.25, 0.3) is 5.69 Å². The Morgan fingerprint density at radius 1 is 1.12 bits per heavy atom. The normalized spacial score (nSPS) is 10.4. The predicted octanol–water partition coefficient (Wildman–Crippen LogP) is 3.22. The van der Waals surface area contributed by atoms with E-state index < -0.39 is 0 Å². The molecule has 0 aliphatic carbocycles. The van der Waals surface area contributed by atoms with Gasteiger partial charge in [-0.15, -0.1) is 0 Å². The fourth-order valence-electron chi connectivity index (χ4n) is 2.10. The molecule has 0 saturated carbocycles. The molecule has 0 atom stereocenters. The van der Waals surface area contributed by atoms with E-state index in [2.05, 4.69) is 10.4 Å². The summed E-state index contributed by atoms with van der Waals surface area (Å²) in [4.78, 5) is 11.8. The molecule has 0 saturated heterocycles. The van der Waals surface area contributed by atoms with Gasteiger partial charge in [-0.2, -0.15) is 5.10 Å². The zero-order chi connectivity index (χ0) is 16.8. The van der Waals surface area contributed by atoms with Gasteiger partial charge in [0.15, 0.2) is 6.61 Å². The number of hydrogen-bond donors (Lipinski definition) is 1. The lowest BCUT2D eigenvalue weighted by molar-refractivity contribution is -0.123. The molecule has 0 fully saturated rings. The molecule has 3 rings (SSSR count). The van der Waals surface area contributed by atoms with E-state index in [9.17, 15) is 4.79 Å². The Hall–Kier alpha value is -2.79. The van der Waals surface area contributed by atoms with Gasteiger partial charge in [0.05, 0.1) is 11.9 Å². The first-order chi connectivity index (χ1) is 11.7. The number of nitrogens with one attached hydrogen (secondary N) is 1. The minimum atomic E-state index is -0.197. The maximum atomic E-state index is 11.8. The summed E-state index contributed by atoms with van der Waals surface area (Å²) in [5.74, 6) is 0.406. The molecule has 0 radical (unpaired) electrons. The van der Waals surface area contributed by atoms with Crippen molar-refractivity contribution >= 4 is 17.5 Å². The van der Waals surface area contributed by atoms with E-state index in [-0.39, 0.29) is 12.5 Å². The van der Waals surface area contributed by atoms with Gasteiger partial charge in [0.25, 0.3) is 5.91 Å². The highest BCUT2D eigenvalue weighted by Gasteiger charge is 2.05. The number of hydrogen-bond acceptors (Lipinski definition) is 3. The molecule has 1 heterocycles. The lowest BCUT2D eigenvalue weighted by atomic mass is 10.3. The minimum Gasteiger partial charge on any atom is -0.484 e. The Kier molecular flexibility index (Phi) is 5.13. The molecular weight excluding hydrogens is 326 g/mol. The van der Waals surface area contributed by atoms with Crippen LogP contribution >= 0.6 is 11.6 Å². The second-order valence-electron chi connectivity index (χ2n) is 5.15. The lowest BCUT2D eigenvalue weighted by Gasteiger charge is -2.06. The summed E-state index contributed by atoms with van der Waals surface area (Å²) < 4.78 is 7.16. The largest absolute Gasteiger partial charge is 0.484 e. The van der Waals surface area contributed by atoms with Gasteiger partial charge in [0.1, 0.15) is 5.75 Å². The van der Waals surface area contributed by atoms with Crippen molar-refractivity contribution in [3.8, 4) is 11.4 Å². The van der Waals surface area contributed by atoms with E-state index in [1.165, 1.54) is 0 Å². The zero-order valence-electron chi connectivity index (χ0n) is 12.9. The van der Waals surface area contributed by atoms with E-state index in [1.54, 1.807) is 35.1 Å². The Labute approximate surface area is 144 Å². The lowest BCUT2D eigenvalue weighted by Crippen LogP contribution is -2.28. The Bertz CT molecular complexity index is 801. The Morgan fingerprint density at radius 3 is 2.62 bits per heavy atom. The molecule has 24 heavy (non-hydrogen) atoms. The van der Waals surface area contributed by atoms with Gasteiger partial charge in [-0.05, 0) is 36.4 Å². The summed E-state index contributed by atoms with van der Waals surface area (Å²) in [6, 6.07) is 16.7. The number of aromatic nitrogens is 2. The molecule has 1 N–H and O–H groups in total. The van der Waals surface area contributed by atoms with E-state index in [0.29, 0.717) is 17.3 Å². The number of halogens is 1. The summed E-state index contributed by atoms with van der Waals surface area (Å²) in [6.45, 7) is 0.351. The topological polar surface area (TPSA) is 56.1 Å². The number of rotatable bonds is 6. The number of amides is 1. The maximum absolute atomic E-state index is 11.8. The molecule has 2 aromatic carbocycles. The van der Waals surface area contributed by atoms with Crippen LogP contribution in [-0.4, -0.2) is 22.3 Å². The third-order valence-corrected chi connectivity index (χ3v) is 3.58. The quantitative estimate of drug-likeness (QED) is 0.749. The van der Waals surface area contributed by atoms with Crippen LogP contribution in [0.5, 0.6) is 5.75 Å². The molecule has 0 aliphatic heterocycles. The highest BCUT2D eigenvalue weighted by atomic mass is 35.5. The van der Waals surface area contributed by atoms with Gasteiger partial charge in [-0.25, -0.2) is 4.68 Å². The van der Waals surface area contributed by atoms with Crippen LogP contribution in [0.1, 0.15) is 5.56 Å². The van der Waals surface area contributed by atoms with Crippen molar-refractivity contribution in [3.05, 3.63) is 77.6 Å². The first-order valence-corrected chi connectivity index (χ1v) is 7.82. The first kappa shape index (κ1) is 16.1. The number of carbonyl (C=O) groups is 1. The second-order valence-corrected chi connectivity index (χ2v) is 5.58. The SMILES string of the molecule is O=C(COc1ccc(Cl)cc1)NCc1cnn(-c2ccccc2)c1. The van der Waals surface area contributed by atoms with Crippen LogP contribution in [0.4, 0.5) is 0 Å². The minimum absolute atomic E-state index is 0.0472. The number of nitrogens with zero attached hydrogens (tertiary/aromatic N) is 2. The Balaban J connectivity index is 1.48. The fourth-order valence-corrected chi connectivity index (χ4v) is 2.23. The second kappa shape index (κ2) is 7.66. The summed E-state index contributed by atoms with van der Waals surface area (Å²) in [7, 11) is 0. The van der Waals surface area contributed by atoms with Gasteiger partial charge in [0.2, 0.25) is 0 Å². The third-order valence-electron chi connectivity index (χ3n) is 3.33. The summed E-state index contributed by atoms with van der Waals surface area (Å²) in [6.07, 6.45) is 3.61. The summed E-state index contributed by atoms with van der Waals surface area (Å²) >= 11 is 5.80. The zero-order valence-corrected chi connectivity index (χ0v) is 13.6. The van der Waals surface area contributed by atoms with E-state index in [0.717, 1.165) is 11.3 Å². The summed E-state index contributed by atoms with van der Waals surface area (Å²) in [5.41, 5.74) is 1.89. The predicted molar refractivity (Wildman–Crippen MR) is 92.4 cm³/mol. The maximum Gasteiger partial charge on any atom is 0.258 e. The summed E-state index contributed by atoms with van der Waals surface area (Å²) in [5, 5.41) is 7.72. The van der Waals surface area contributed by atoms with Crippen molar-refractivity contribution < 1.29 is 9.53 Å². The molecule has 3 aromatic rings. The highest BCUT2D eigenvalue weighted by molar-refractivity contribution is 6.30. The molecule has 0 spiro atoms. The van der Waals surface area contributed by atoms with Gasteiger partial charge < -0.3 is 10.1 Å². The molecule has 6 heteroatoms. The van der Waals surface area contributed by atoms with E-state index >= 15 is 0 Å². The average Bonchev–Trinajstić information content (AvgIpc) is 3.09. The Morgan fingerprint density at radius 2 is 1.88 bits per heavy atom. The van der Waals surface area contributed by atoms with Crippen LogP contribution < -0.4 is 10.1 Å². The molecule has 5 nitrogen and oxygen atoms in total. The molecule has 0 aliphatic rings. The molecule has 0 unspecified atom stereocenters. The fraction of sp³-hybridized carbons (Fsp3) is 0.111. The van der Waals surface area contributed by atoms with Crippen LogP contribution in [-0.2, 0) is 11.3 Å². The average molecular weight is 342 g/mol. The molecular formula is C18H16ClN3O2. The van der Waals surface area contributed by atoms with Gasteiger partial charge in [0, 0.05) is 23.3 Å². The van der Waals surface area contributed by atoms with Crippen molar-refractivity contribution in [1.29, 1.82) is 0 Å².